The second kappa shape index (κ2) is 5.81. The van der Waals surface area contributed by atoms with Crippen LogP contribution in [0.15, 0.2) is 53.1 Å². The first-order valence-electron chi connectivity index (χ1n) is 7.75. The lowest BCUT2D eigenvalue weighted by Gasteiger charge is -2.28. The summed E-state index contributed by atoms with van der Waals surface area (Å²) in [5.74, 6) is 0.471. The molecule has 3 aromatic rings. The number of aromatic nitrogens is 2. The Labute approximate surface area is 138 Å². The van der Waals surface area contributed by atoms with Gasteiger partial charge in [0.05, 0.1) is 6.26 Å². The number of rotatable bonds is 2. The third-order valence-corrected chi connectivity index (χ3v) is 4.15. The summed E-state index contributed by atoms with van der Waals surface area (Å²) >= 11 is 0. The number of nitrogens with two attached hydrogens (primary N) is 1. The predicted octanol–water partition coefficient (Wildman–Crippen LogP) is 2.52. The minimum atomic E-state index is -0.147. The number of carbonyl (C=O) groups is 1. The Morgan fingerprint density at radius 2 is 1.96 bits per heavy atom. The van der Waals surface area contributed by atoms with Gasteiger partial charge in [-0.25, -0.2) is 9.97 Å². The van der Waals surface area contributed by atoms with Crippen LogP contribution in [0.1, 0.15) is 21.6 Å². The zero-order valence-electron chi connectivity index (χ0n) is 13.0. The number of nitrogen functional groups attached to an aromatic ring is 1. The highest BCUT2D eigenvalue weighted by molar-refractivity contribution is 5.93. The fourth-order valence-electron chi connectivity index (χ4n) is 2.96. The van der Waals surface area contributed by atoms with E-state index in [1.54, 1.807) is 29.4 Å². The summed E-state index contributed by atoms with van der Waals surface area (Å²) in [6.07, 6.45) is 2.39. The molecule has 1 aromatic carbocycles. The number of anilines is 1. The second-order valence-corrected chi connectivity index (χ2v) is 5.72. The molecule has 0 aliphatic carbocycles. The molecule has 24 heavy (non-hydrogen) atoms. The number of hydrogen-bond donors (Lipinski definition) is 1. The van der Waals surface area contributed by atoms with Gasteiger partial charge in [-0.1, -0.05) is 24.3 Å². The van der Waals surface area contributed by atoms with Gasteiger partial charge in [0.1, 0.15) is 11.4 Å². The average Bonchev–Trinajstić information content (AvgIpc) is 3.15. The number of benzene rings is 1. The zero-order chi connectivity index (χ0) is 16.5. The van der Waals surface area contributed by atoms with E-state index in [4.69, 9.17) is 10.2 Å². The monoisotopic (exact) mass is 320 g/mol. The van der Waals surface area contributed by atoms with E-state index >= 15 is 0 Å². The van der Waals surface area contributed by atoms with E-state index in [0.717, 1.165) is 6.42 Å². The van der Waals surface area contributed by atoms with E-state index in [1.165, 1.54) is 11.1 Å². The molecule has 1 amide bonds. The summed E-state index contributed by atoms with van der Waals surface area (Å²) in [6, 6.07) is 13.3. The first-order valence-corrected chi connectivity index (χ1v) is 7.75. The van der Waals surface area contributed by atoms with Gasteiger partial charge in [-0.3, -0.25) is 4.79 Å². The molecule has 0 radical (unpaired) electrons. The van der Waals surface area contributed by atoms with E-state index in [0.29, 0.717) is 24.5 Å². The molecule has 0 spiro atoms. The quantitative estimate of drug-likeness (QED) is 0.784. The minimum Gasteiger partial charge on any atom is -0.463 e. The standard InChI is InChI=1S/C18H16N4O2/c19-18-20-14(16-6-3-9-24-16)10-15(21-18)17(23)22-8-7-12-4-1-2-5-13(12)11-22/h1-6,9-10H,7-8,11H2,(H2,19,20,21). The molecule has 3 heterocycles. The molecular weight excluding hydrogens is 304 g/mol. The summed E-state index contributed by atoms with van der Waals surface area (Å²) in [5, 5.41) is 0. The summed E-state index contributed by atoms with van der Waals surface area (Å²) in [7, 11) is 0. The predicted molar refractivity (Wildman–Crippen MR) is 89.0 cm³/mol. The van der Waals surface area contributed by atoms with Gasteiger partial charge in [-0.2, -0.15) is 0 Å². The Kier molecular flexibility index (Phi) is 3.49. The van der Waals surface area contributed by atoms with Crippen molar-refractivity contribution in [3.63, 3.8) is 0 Å². The summed E-state index contributed by atoms with van der Waals surface area (Å²) in [4.78, 5) is 22.9. The van der Waals surface area contributed by atoms with Gasteiger partial charge in [0.25, 0.3) is 5.91 Å². The van der Waals surface area contributed by atoms with Crippen LogP contribution in [-0.4, -0.2) is 27.3 Å². The molecule has 0 bridgehead atoms. The highest BCUT2D eigenvalue weighted by Gasteiger charge is 2.23. The van der Waals surface area contributed by atoms with Crippen molar-refractivity contribution < 1.29 is 9.21 Å². The molecule has 1 aliphatic rings. The van der Waals surface area contributed by atoms with E-state index in [2.05, 4.69) is 22.1 Å². The topological polar surface area (TPSA) is 85.2 Å². The maximum atomic E-state index is 12.8. The Hall–Kier alpha value is -3.15. The van der Waals surface area contributed by atoms with Crippen LogP contribution in [0.4, 0.5) is 5.95 Å². The van der Waals surface area contributed by atoms with Gasteiger partial charge in [-0.05, 0) is 35.7 Å². The lowest BCUT2D eigenvalue weighted by atomic mass is 10.00. The van der Waals surface area contributed by atoms with Crippen molar-refractivity contribution in [2.24, 2.45) is 0 Å². The van der Waals surface area contributed by atoms with Crippen LogP contribution in [0.5, 0.6) is 0 Å². The van der Waals surface area contributed by atoms with Crippen LogP contribution < -0.4 is 5.73 Å². The third-order valence-electron chi connectivity index (χ3n) is 4.15. The maximum Gasteiger partial charge on any atom is 0.272 e. The molecule has 1 aliphatic heterocycles. The van der Waals surface area contributed by atoms with E-state index in [1.807, 2.05) is 12.1 Å². The average molecular weight is 320 g/mol. The van der Waals surface area contributed by atoms with Gasteiger partial charge < -0.3 is 15.1 Å². The third kappa shape index (κ3) is 2.62. The first kappa shape index (κ1) is 14.4. The number of nitrogens with zero attached hydrogens (tertiary/aromatic N) is 3. The van der Waals surface area contributed by atoms with Crippen LogP contribution in [0, 0.1) is 0 Å². The number of amides is 1. The normalized spacial score (nSPS) is 13.6. The number of fused-ring (bicyclic) bond motifs is 1. The van der Waals surface area contributed by atoms with Crippen LogP contribution in [0.25, 0.3) is 11.5 Å². The van der Waals surface area contributed by atoms with E-state index in [9.17, 15) is 4.79 Å². The van der Waals surface area contributed by atoms with Crippen molar-refractivity contribution in [2.45, 2.75) is 13.0 Å². The van der Waals surface area contributed by atoms with Gasteiger partial charge in [0.15, 0.2) is 5.76 Å². The molecule has 6 heteroatoms. The minimum absolute atomic E-state index is 0.0599. The Balaban J connectivity index is 1.63. The fourth-order valence-corrected chi connectivity index (χ4v) is 2.96. The van der Waals surface area contributed by atoms with E-state index in [-0.39, 0.29) is 17.5 Å². The van der Waals surface area contributed by atoms with Gasteiger partial charge >= 0.3 is 0 Å². The molecular formula is C18H16N4O2. The molecule has 0 fully saturated rings. The maximum absolute atomic E-state index is 12.8. The van der Waals surface area contributed by atoms with Crippen LogP contribution in [0.2, 0.25) is 0 Å². The summed E-state index contributed by atoms with van der Waals surface area (Å²) in [6.45, 7) is 1.24. The largest absolute Gasteiger partial charge is 0.463 e. The lowest BCUT2D eigenvalue weighted by Crippen LogP contribution is -2.36. The Bertz CT molecular complexity index is 890. The zero-order valence-corrected chi connectivity index (χ0v) is 13.0. The molecule has 6 nitrogen and oxygen atoms in total. The lowest BCUT2D eigenvalue weighted by molar-refractivity contribution is 0.0729. The fraction of sp³-hybridized carbons (Fsp3) is 0.167. The van der Waals surface area contributed by atoms with Crippen molar-refractivity contribution >= 4 is 11.9 Å². The van der Waals surface area contributed by atoms with Gasteiger partial charge in [0.2, 0.25) is 5.95 Å². The Morgan fingerprint density at radius 3 is 2.75 bits per heavy atom. The Morgan fingerprint density at radius 1 is 1.12 bits per heavy atom. The molecule has 0 saturated heterocycles. The molecule has 0 saturated carbocycles. The molecule has 2 aromatic heterocycles. The number of carbonyl (C=O) groups excluding carboxylic acids is 1. The molecule has 4 rings (SSSR count). The second-order valence-electron chi connectivity index (χ2n) is 5.72. The SMILES string of the molecule is Nc1nc(C(=O)N2CCc3ccccc3C2)cc(-c2ccco2)n1. The molecule has 0 unspecified atom stereocenters. The van der Waals surface area contributed by atoms with Crippen LogP contribution in [-0.2, 0) is 13.0 Å². The molecule has 0 atom stereocenters. The number of furan rings is 1. The van der Waals surface area contributed by atoms with Crippen LogP contribution >= 0.6 is 0 Å². The van der Waals surface area contributed by atoms with Crippen molar-refractivity contribution in [1.29, 1.82) is 0 Å². The van der Waals surface area contributed by atoms with Crippen molar-refractivity contribution in [3.8, 4) is 11.5 Å². The highest BCUT2D eigenvalue weighted by Crippen LogP contribution is 2.22. The molecule has 2 N–H and O–H groups in total. The van der Waals surface area contributed by atoms with Crippen molar-refractivity contribution in [3.05, 3.63) is 65.5 Å². The van der Waals surface area contributed by atoms with Crippen molar-refractivity contribution in [2.75, 3.05) is 12.3 Å². The van der Waals surface area contributed by atoms with Crippen LogP contribution in [0.3, 0.4) is 0 Å². The van der Waals surface area contributed by atoms with Gasteiger partial charge in [-0.15, -0.1) is 0 Å². The summed E-state index contributed by atoms with van der Waals surface area (Å²) < 4.78 is 5.33. The van der Waals surface area contributed by atoms with Crippen molar-refractivity contribution in [1.82, 2.24) is 14.9 Å². The smallest absolute Gasteiger partial charge is 0.272 e. The molecule has 120 valence electrons. The first-order chi connectivity index (χ1) is 11.7. The summed E-state index contributed by atoms with van der Waals surface area (Å²) in [5.41, 5.74) is 9.03. The highest BCUT2D eigenvalue weighted by atomic mass is 16.3. The number of hydrogen-bond acceptors (Lipinski definition) is 5. The van der Waals surface area contributed by atoms with Gasteiger partial charge in [0, 0.05) is 13.1 Å². The van der Waals surface area contributed by atoms with E-state index < -0.39 is 0 Å².